The summed E-state index contributed by atoms with van der Waals surface area (Å²) in [6.07, 6.45) is 2.97. The number of rotatable bonds is 6. The third-order valence-electron chi connectivity index (χ3n) is 4.72. The van der Waals surface area contributed by atoms with Crippen LogP contribution in [0.15, 0.2) is 54.6 Å². The summed E-state index contributed by atoms with van der Waals surface area (Å²) < 4.78 is 5.28. The van der Waals surface area contributed by atoms with Crippen LogP contribution in [-0.2, 0) is 6.42 Å². The SMILES string of the molecule is CCCCc1c(-c2ccccc2)[nH+]c(N)c(C#N)c1-c1ccc(OC)cc1. The van der Waals surface area contributed by atoms with Gasteiger partial charge in [-0.15, -0.1) is 0 Å². The number of unbranched alkanes of at least 4 members (excludes halogenated alkanes) is 1. The molecular formula is C23H24N3O+. The van der Waals surface area contributed by atoms with Crippen molar-refractivity contribution in [1.82, 2.24) is 0 Å². The van der Waals surface area contributed by atoms with E-state index in [0.717, 1.165) is 53.0 Å². The van der Waals surface area contributed by atoms with Gasteiger partial charge in [0.1, 0.15) is 23.1 Å². The molecule has 0 radical (unpaired) electrons. The third kappa shape index (κ3) is 3.78. The minimum absolute atomic E-state index is 0.391. The first-order valence-corrected chi connectivity index (χ1v) is 9.17. The van der Waals surface area contributed by atoms with Crippen LogP contribution in [-0.4, -0.2) is 7.11 Å². The van der Waals surface area contributed by atoms with E-state index in [1.807, 2.05) is 42.5 Å². The summed E-state index contributed by atoms with van der Waals surface area (Å²) in [7, 11) is 1.64. The van der Waals surface area contributed by atoms with E-state index in [1.54, 1.807) is 7.11 Å². The van der Waals surface area contributed by atoms with Gasteiger partial charge in [0.15, 0.2) is 0 Å². The number of benzene rings is 2. The van der Waals surface area contributed by atoms with Crippen LogP contribution >= 0.6 is 0 Å². The summed E-state index contributed by atoms with van der Waals surface area (Å²) in [6, 6.07) is 20.2. The van der Waals surface area contributed by atoms with E-state index in [2.05, 4.69) is 30.1 Å². The lowest BCUT2D eigenvalue weighted by Gasteiger charge is -2.15. The monoisotopic (exact) mass is 358 g/mol. The second-order valence-corrected chi connectivity index (χ2v) is 6.45. The number of nitrogen functional groups attached to an aromatic ring is 1. The molecule has 0 unspecified atom stereocenters. The molecule has 0 aliphatic heterocycles. The van der Waals surface area contributed by atoms with Crippen molar-refractivity contribution < 1.29 is 9.72 Å². The van der Waals surface area contributed by atoms with Crippen LogP contribution in [0.5, 0.6) is 5.75 Å². The second kappa shape index (κ2) is 8.37. The molecule has 27 heavy (non-hydrogen) atoms. The first kappa shape index (κ1) is 18.5. The Morgan fingerprint density at radius 3 is 2.33 bits per heavy atom. The zero-order valence-corrected chi connectivity index (χ0v) is 15.8. The third-order valence-corrected chi connectivity index (χ3v) is 4.72. The highest BCUT2D eigenvalue weighted by Crippen LogP contribution is 2.36. The summed E-state index contributed by atoms with van der Waals surface area (Å²) in [4.78, 5) is 3.28. The molecule has 0 atom stereocenters. The number of nitrogens with zero attached hydrogens (tertiary/aromatic N) is 1. The number of nitrogens with two attached hydrogens (primary N) is 1. The average molecular weight is 358 g/mol. The number of ether oxygens (including phenoxy) is 1. The lowest BCUT2D eigenvalue weighted by Crippen LogP contribution is -2.20. The number of nitrogens with one attached hydrogen (secondary N) is 1. The molecule has 0 amide bonds. The lowest BCUT2D eigenvalue weighted by atomic mass is 9.89. The Labute approximate surface area is 160 Å². The number of hydrogen-bond donors (Lipinski definition) is 1. The van der Waals surface area contributed by atoms with E-state index in [9.17, 15) is 5.26 Å². The van der Waals surface area contributed by atoms with Gasteiger partial charge in [0.25, 0.3) is 5.82 Å². The zero-order chi connectivity index (χ0) is 19.2. The maximum atomic E-state index is 9.80. The Hall–Kier alpha value is -3.32. The van der Waals surface area contributed by atoms with Crippen LogP contribution in [0.25, 0.3) is 22.4 Å². The minimum Gasteiger partial charge on any atom is -0.497 e. The number of H-pyrrole nitrogens is 1. The lowest BCUT2D eigenvalue weighted by molar-refractivity contribution is -0.347. The van der Waals surface area contributed by atoms with Crippen LogP contribution in [0.1, 0.15) is 30.9 Å². The van der Waals surface area contributed by atoms with Crippen molar-refractivity contribution in [2.75, 3.05) is 12.8 Å². The standard InChI is InChI=1S/C23H23N3O/c1-3-4-10-19-21(16-11-13-18(27-2)14-12-16)20(15-24)23(25)26-22(19)17-8-6-5-7-9-17/h5-9,11-14H,3-4,10H2,1-2H3,(H2,25,26)/p+1. The predicted molar refractivity (Wildman–Crippen MR) is 108 cm³/mol. The van der Waals surface area contributed by atoms with Gasteiger partial charge in [-0.2, -0.15) is 5.26 Å². The maximum absolute atomic E-state index is 9.80. The largest absolute Gasteiger partial charge is 0.497 e. The van der Waals surface area contributed by atoms with Crippen molar-refractivity contribution >= 4 is 5.82 Å². The number of hydrogen-bond acceptors (Lipinski definition) is 3. The Morgan fingerprint density at radius 1 is 1.04 bits per heavy atom. The van der Waals surface area contributed by atoms with Gasteiger partial charge in [-0.1, -0.05) is 55.8 Å². The first-order chi connectivity index (χ1) is 13.2. The number of aromatic nitrogens is 1. The molecule has 3 aromatic rings. The maximum Gasteiger partial charge on any atom is 0.289 e. The zero-order valence-electron chi connectivity index (χ0n) is 15.8. The van der Waals surface area contributed by atoms with Crippen molar-refractivity contribution in [1.29, 1.82) is 5.26 Å². The van der Waals surface area contributed by atoms with Gasteiger partial charge in [0.05, 0.1) is 7.11 Å². The molecule has 2 aromatic carbocycles. The van der Waals surface area contributed by atoms with E-state index >= 15 is 0 Å². The molecule has 1 heterocycles. The first-order valence-electron chi connectivity index (χ1n) is 9.17. The number of methoxy groups -OCH3 is 1. The van der Waals surface area contributed by atoms with Gasteiger partial charge in [0.2, 0.25) is 0 Å². The van der Waals surface area contributed by atoms with E-state index in [-0.39, 0.29) is 0 Å². The number of anilines is 1. The molecule has 0 fully saturated rings. The molecule has 0 aliphatic carbocycles. The minimum atomic E-state index is 0.391. The van der Waals surface area contributed by atoms with Crippen molar-refractivity contribution in [2.45, 2.75) is 26.2 Å². The molecule has 0 saturated carbocycles. The fourth-order valence-electron chi connectivity index (χ4n) is 3.33. The quantitative estimate of drug-likeness (QED) is 0.697. The highest BCUT2D eigenvalue weighted by molar-refractivity contribution is 5.82. The molecule has 1 aromatic heterocycles. The summed E-state index contributed by atoms with van der Waals surface area (Å²) in [5, 5.41) is 9.80. The molecule has 0 spiro atoms. The number of nitriles is 1. The van der Waals surface area contributed by atoms with E-state index in [1.165, 1.54) is 0 Å². The summed E-state index contributed by atoms with van der Waals surface area (Å²) >= 11 is 0. The van der Waals surface area contributed by atoms with Gasteiger partial charge in [0, 0.05) is 16.7 Å². The predicted octanol–water partition coefficient (Wildman–Crippen LogP) is 4.64. The van der Waals surface area contributed by atoms with Crippen LogP contribution in [0.2, 0.25) is 0 Å². The highest BCUT2D eigenvalue weighted by atomic mass is 16.5. The normalized spacial score (nSPS) is 10.4. The van der Waals surface area contributed by atoms with Crippen LogP contribution in [0.4, 0.5) is 5.82 Å². The molecule has 0 saturated heterocycles. The smallest absolute Gasteiger partial charge is 0.289 e. The number of aromatic amines is 1. The number of pyridine rings is 1. The van der Waals surface area contributed by atoms with Crippen molar-refractivity contribution in [3.63, 3.8) is 0 Å². The van der Waals surface area contributed by atoms with Crippen molar-refractivity contribution in [3.8, 4) is 34.2 Å². The molecule has 3 N–H and O–H groups in total. The van der Waals surface area contributed by atoms with Crippen molar-refractivity contribution in [3.05, 3.63) is 65.7 Å². The van der Waals surface area contributed by atoms with E-state index in [0.29, 0.717) is 11.4 Å². The van der Waals surface area contributed by atoms with Gasteiger partial charge in [-0.05, 0) is 30.5 Å². The average Bonchev–Trinajstić information content (AvgIpc) is 2.72. The summed E-state index contributed by atoms with van der Waals surface area (Å²) in [5.74, 6) is 1.17. The molecule has 4 heteroatoms. The van der Waals surface area contributed by atoms with Crippen LogP contribution in [0, 0.1) is 11.3 Å². The Bertz CT molecular complexity index is 958. The second-order valence-electron chi connectivity index (χ2n) is 6.45. The molecule has 0 aliphatic rings. The molecule has 3 rings (SSSR count). The molecule has 0 bridgehead atoms. The van der Waals surface area contributed by atoms with Crippen LogP contribution < -0.4 is 15.5 Å². The van der Waals surface area contributed by atoms with Gasteiger partial charge >= 0.3 is 0 Å². The molecule has 4 nitrogen and oxygen atoms in total. The molecule has 136 valence electrons. The van der Waals surface area contributed by atoms with E-state index < -0.39 is 0 Å². The fraction of sp³-hybridized carbons (Fsp3) is 0.217. The Morgan fingerprint density at radius 2 is 1.74 bits per heavy atom. The fourth-order valence-corrected chi connectivity index (χ4v) is 3.33. The van der Waals surface area contributed by atoms with Crippen molar-refractivity contribution in [2.24, 2.45) is 0 Å². The Balaban J connectivity index is 2.30. The van der Waals surface area contributed by atoms with Gasteiger partial charge in [-0.3, -0.25) is 5.73 Å². The Kier molecular flexibility index (Phi) is 5.73. The van der Waals surface area contributed by atoms with Crippen LogP contribution in [0.3, 0.4) is 0 Å². The highest BCUT2D eigenvalue weighted by Gasteiger charge is 2.23. The van der Waals surface area contributed by atoms with E-state index in [4.69, 9.17) is 10.5 Å². The topological polar surface area (TPSA) is 73.2 Å². The van der Waals surface area contributed by atoms with Gasteiger partial charge in [-0.25, -0.2) is 4.98 Å². The summed E-state index contributed by atoms with van der Waals surface area (Å²) in [5.41, 5.74) is 11.8. The summed E-state index contributed by atoms with van der Waals surface area (Å²) in [6.45, 7) is 2.17. The van der Waals surface area contributed by atoms with Gasteiger partial charge < -0.3 is 4.74 Å². The molecular weight excluding hydrogens is 334 g/mol.